The summed E-state index contributed by atoms with van der Waals surface area (Å²) >= 11 is 7.84. The number of sulfonamides is 1. The van der Waals surface area contributed by atoms with Crippen molar-refractivity contribution in [3.05, 3.63) is 17.2 Å². The summed E-state index contributed by atoms with van der Waals surface area (Å²) < 4.78 is 31.9. The number of hydrogen-bond donors (Lipinski definition) is 0. The van der Waals surface area contributed by atoms with Crippen LogP contribution in [-0.4, -0.2) is 80.6 Å². The first-order valence-electron chi connectivity index (χ1n) is 9.93. The van der Waals surface area contributed by atoms with Crippen LogP contribution in [0.15, 0.2) is 12.1 Å². The van der Waals surface area contributed by atoms with Crippen LogP contribution in [0.4, 0.5) is 5.13 Å². The van der Waals surface area contributed by atoms with Gasteiger partial charge in [0.05, 0.1) is 23.1 Å². The lowest BCUT2D eigenvalue weighted by atomic mass is 10.0. The number of halogens is 1. The largest absolute Gasteiger partial charge is 0.494 e. The SMILES string of the molecule is COc1ccc(Cl)c2sc(N3CCN(C(=O)C4CCCCN4S(C)(=O)=O)CC3)nc12. The van der Waals surface area contributed by atoms with E-state index in [2.05, 4.69) is 4.90 Å². The smallest absolute Gasteiger partial charge is 0.241 e. The van der Waals surface area contributed by atoms with Gasteiger partial charge in [0.1, 0.15) is 17.3 Å². The first-order chi connectivity index (χ1) is 14.3. The van der Waals surface area contributed by atoms with E-state index < -0.39 is 16.1 Å². The standard InChI is InChI=1S/C19H25ClN4O4S2/c1-28-15-7-6-13(20)17-16(15)21-19(29-17)23-11-9-22(10-12-23)18(25)14-5-3-4-8-24(14)30(2,26)27/h6-7,14H,3-5,8-12H2,1-2H3. The Morgan fingerprint density at radius 1 is 1.20 bits per heavy atom. The van der Waals surface area contributed by atoms with E-state index in [1.165, 1.54) is 21.9 Å². The third-order valence-electron chi connectivity index (χ3n) is 5.69. The number of aromatic nitrogens is 1. The Balaban J connectivity index is 1.47. The molecule has 1 amide bonds. The summed E-state index contributed by atoms with van der Waals surface area (Å²) in [6, 6.07) is 3.03. The number of rotatable bonds is 4. The Kier molecular flexibility index (Phi) is 6.11. The Morgan fingerprint density at radius 2 is 1.93 bits per heavy atom. The second-order valence-corrected chi connectivity index (χ2v) is 10.9. The lowest BCUT2D eigenvalue weighted by Gasteiger charge is -2.39. The van der Waals surface area contributed by atoms with Gasteiger partial charge in [-0.25, -0.2) is 13.4 Å². The van der Waals surface area contributed by atoms with Gasteiger partial charge in [0, 0.05) is 32.7 Å². The molecule has 1 aromatic carbocycles. The molecule has 1 unspecified atom stereocenters. The van der Waals surface area contributed by atoms with Gasteiger partial charge in [-0.1, -0.05) is 29.4 Å². The molecule has 4 rings (SSSR count). The first-order valence-corrected chi connectivity index (χ1v) is 13.0. The number of benzene rings is 1. The molecule has 0 N–H and O–H groups in total. The van der Waals surface area contributed by atoms with Crippen LogP contribution < -0.4 is 9.64 Å². The van der Waals surface area contributed by atoms with Gasteiger partial charge in [-0.2, -0.15) is 4.31 Å². The fourth-order valence-corrected chi connectivity index (χ4v) is 6.55. The molecule has 0 bridgehead atoms. The van der Waals surface area contributed by atoms with Gasteiger partial charge >= 0.3 is 0 Å². The summed E-state index contributed by atoms with van der Waals surface area (Å²) in [5.41, 5.74) is 0.745. The molecule has 2 aromatic rings. The van der Waals surface area contributed by atoms with Crippen LogP contribution in [0.1, 0.15) is 19.3 Å². The molecule has 0 spiro atoms. The fourth-order valence-electron chi connectivity index (χ4n) is 4.12. The minimum absolute atomic E-state index is 0.0891. The van der Waals surface area contributed by atoms with Gasteiger partial charge in [-0.15, -0.1) is 0 Å². The monoisotopic (exact) mass is 472 g/mol. The van der Waals surface area contributed by atoms with Gasteiger partial charge < -0.3 is 14.5 Å². The second-order valence-electron chi connectivity index (χ2n) is 7.62. The number of thiazole rings is 1. The van der Waals surface area contributed by atoms with Crippen LogP contribution in [0.25, 0.3) is 10.2 Å². The number of carbonyl (C=O) groups is 1. The Bertz CT molecular complexity index is 1050. The van der Waals surface area contributed by atoms with Crippen molar-refractivity contribution in [3.63, 3.8) is 0 Å². The zero-order valence-corrected chi connectivity index (χ0v) is 19.4. The Hall–Kier alpha value is -1.62. The topological polar surface area (TPSA) is 83.0 Å². The molecule has 2 fully saturated rings. The molecule has 0 aliphatic carbocycles. The summed E-state index contributed by atoms with van der Waals surface area (Å²) in [7, 11) is -1.79. The summed E-state index contributed by atoms with van der Waals surface area (Å²) in [4.78, 5) is 21.7. The molecular formula is C19H25ClN4O4S2. The molecule has 3 heterocycles. The zero-order valence-electron chi connectivity index (χ0n) is 17.0. The van der Waals surface area contributed by atoms with Crippen molar-refractivity contribution in [1.29, 1.82) is 0 Å². The second kappa shape index (κ2) is 8.49. The van der Waals surface area contributed by atoms with Crippen molar-refractivity contribution in [3.8, 4) is 5.75 Å². The molecule has 2 aliphatic rings. The molecule has 1 atom stereocenters. The van der Waals surface area contributed by atoms with Crippen LogP contribution in [0, 0.1) is 0 Å². The van der Waals surface area contributed by atoms with E-state index in [0.29, 0.717) is 49.9 Å². The highest BCUT2D eigenvalue weighted by molar-refractivity contribution is 7.88. The minimum Gasteiger partial charge on any atom is -0.494 e. The maximum Gasteiger partial charge on any atom is 0.241 e. The van der Waals surface area contributed by atoms with Crippen LogP contribution in [0.5, 0.6) is 5.75 Å². The van der Waals surface area contributed by atoms with Crippen molar-refractivity contribution in [2.45, 2.75) is 25.3 Å². The van der Waals surface area contributed by atoms with E-state index in [-0.39, 0.29) is 5.91 Å². The maximum atomic E-state index is 13.1. The van der Waals surface area contributed by atoms with Gasteiger partial charge in [0.2, 0.25) is 15.9 Å². The van der Waals surface area contributed by atoms with Crippen LogP contribution >= 0.6 is 22.9 Å². The highest BCUT2D eigenvalue weighted by atomic mass is 35.5. The molecule has 8 nitrogen and oxygen atoms in total. The van der Waals surface area contributed by atoms with E-state index >= 15 is 0 Å². The number of methoxy groups -OCH3 is 1. The number of amides is 1. The lowest BCUT2D eigenvalue weighted by Crippen LogP contribution is -2.57. The van der Waals surface area contributed by atoms with Crippen molar-refractivity contribution in [2.24, 2.45) is 0 Å². The summed E-state index contributed by atoms with van der Waals surface area (Å²) in [6.45, 7) is 2.76. The highest BCUT2D eigenvalue weighted by Crippen LogP contribution is 2.39. The first kappa shape index (κ1) is 21.6. The van der Waals surface area contributed by atoms with Crippen molar-refractivity contribution >= 4 is 54.2 Å². The van der Waals surface area contributed by atoms with Crippen LogP contribution in [0.2, 0.25) is 5.02 Å². The van der Waals surface area contributed by atoms with Crippen molar-refractivity contribution < 1.29 is 17.9 Å². The number of piperazine rings is 1. The molecule has 1 aromatic heterocycles. The quantitative estimate of drug-likeness (QED) is 0.679. The number of piperidine rings is 1. The predicted octanol–water partition coefficient (Wildman–Crippen LogP) is 2.42. The van der Waals surface area contributed by atoms with Crippen molar-refractivity contribution in [2.75, 3.05) is 51.0 Å². The number of carbonyl (C=O) groups excluding carboxylic acids is 1. The van der Waals surface area contributed by atoms with E-state index in [1.54, 1.807) is 18.1 Å². The zero-order chi connectivity index (χ0) is 21.5. The third kappa shape index (κ3) is 4.10. The summed E-state index contributed by atoms with van der Waals surface area (Å²) in [5.74, 6) is 0.595. The number of hydrogen-bond acceptors (Lipinski definition) is 7. The summed E-state index contributed by atoms with van der Waals surface area (Å²) in [6.07, 6.45) is 3.44. The lowest BCUT2D eigenvalue weighted by molar-refractivity contribution is -0.136. The van der Waals surface area contributed by atoms with Crippen molar-refractivity contribution in [1.82, 2.24) is 14.2 Å². The van der Waals surface area contributed by atoms with Gasteiger partial charge in [-0.3, -0.25) is 4.79 Å². The Morgan fingerprint density at radius 3 is 2.60 bits per heavy atom. The number of fused-ring (bicyclic) bond motifs is 1. The molecular weight excluding hydrogens is 448 g/mol. The van der Waals surface area contributed by atoms with Gasteiger partial charge in [-0.05, 0) is 25.0 Å². The predicted molar refractivity (Wildman–Crippen MR) is 119 cm³/mol. The van der Waals surface area contributed by atoms with Crippen LogP contribution in [0.3, 0.4) is 0 Å². The minimum atomic E-state index is -3.40. The Labute approximate surface area is 185 Å². The maximum absolute atomic E-state index is 13.1. The third-order valence-corrected chi connectivity index (χ3v) is 8.56. The van der Waals surface area contributed by atoms with Gasteiger partial charge in [0.15, 0.2) is 5.13 Å². The molecule has 164 valence electrons. The highest BCUT2D eigenvalue weighted by Gasteiger charge is 2.37. The number of ether oxygens (including phenoxy) is 1. The van der Waals surface area contributed by atoms with E-state index in [4.69, 9.17) is 21.3 Å². The molecule has 30 heavy (non-hydrogen) atoms. The molecule has 11 heteroatoms. The van der Waals surface area contributed by atoms with Gasteiger partial charge in [0.25, 0.3) is 0 Å². The number of anilines is 1. The molecule has 2 saturated heterocycles. The van der Waals surface area contributed by atoms with E-state index in [1.807, 2.05) is 6.07 Å². The molecule has 0 radical (unpaired) electrons. The summed E-state index contributed by atoms with van der Waals surface area (Å²) in [5, 5.41) is 1.49. The van der Waals surface area contributed by atoms with Crippen LogP contribution in [-0.2, 0) is 14.8 Å². The normalized spacial score (nSPS) is 21.2. The fraction of sp³-hybridized carbons (Fsp3) is 0.579. The average molecular weight is 473 g/mol. The molecule has 0 saturated carbocycles. The van der Waals surface area contributed by atoms with E-state index in [9.17, 15) is 13.2 Å². The average Bonchev–Trinajstić information content (AvgIpc) is 3.19. The molecule has 2 aliphatic heterocycles. The number of nitrogens with zero attached hydrogens (tertiary/aromatic N) is 4. The van der Waals surface area contributed by atoms with E-state index in [0.717, 1.165) is 28.2 Å².